The van der Waals surface area contributed by atoms with E-state index in [1.54, 1.807) is 0 Å². The van der Waals surface area contributed by atoms with Crippen molar-refractivity contribution in [1.82, 2.24) is 25.1 Å². The van der Waals surface area contributed by atoms with E-state index in [4.69, 9.17) is 5.11 Å². The lowest BCUT2D eigenvalue weighted by Crippen LogP contribution is -2.18. The van der Waals surface area contributed by atoms with Crippen LogP contribution in [0, 0.1) is 0 Å². The second kappa shape index (κ2) is 3.33. The topological polar surface area (TPSA) is 125 Å². The molecule has 0 radical (unpaired) electrons. The third kappa shape index (κ3) is 1.59. The van der Waals surface area contributed by atoms with E-state index >= 15 is 0 Å². The standard InChI is InChI=1S/C7H5N5O3/c13-6-3(7(14)15)1-8-4(11-6)5-9-2-10-12-5/h1-2H,(H,14,15)(H,8,11,13)(H,9,10,12). The summed E-state index contributed by atoms with van der Waals surface area (Å²) in [7, 11) is 0. The van der Waals surface area contributed by atoms with Gasteiger partial charge >= 0.3 is 5.97 Å². The highest BCUT2D eigenvalue weighted by Crippen LogP contribution is 2.03. The van der Waals surface area contributed by atoms with Crippen molar-refractivity contribution in [3.05, 3.63) is 28.4 Å². The van der Waals surface area contributed by atoms with E-state index in [1.807, 2.05) is 0 Å². The van der Waals surface area contributed by atoms with Gasteiger partial charge in [0.2, 0.25) is 0 Å². The Labute approximate surface area is 82.0 Å². The number of nitrogens with zero attached hydrogens (tertiary/aromatic N) is 3. The zero-order chi connectivity index (χ0) is 10.8. The molecule has 0 aliphatic rings. The Kier molecular flexibility index (Phi) is 2.01. The Morgan fingerprint density at radius 2 is 2.13 bits per heavy atom. The second-order valence-corrected chi connectivity index (χ2v) is 2.61. The maximum absolute atomic E-state index is 11.2. The Morgan fingerprint density at radius 1 is 1.33 bits per heavy atom. The lowest BCUT2D eigenvalue weighted by molar-refractivity contribution is 0.0694. The average Bonchev–Trinajstić information content (AvgIpc) is 2.69. The van der Waals surface area contributed by atoms with Crippen LogP contribution in [0.15, 0.2) is 17.3 Å². The van der Waals surface area contributed by atoms with Gasteiger partial charge < -0.3 is 10.1 Å². The largest absolute Gasteiger partial charge is 0.477 e. The number of carboxylic acids is 1. The minimum Gasteiger partial charge on any atom is -0.477 e. The Morgan fingerprint density at radius 3 is 2.67 bits per heavy atom. The molecule has 8 heteroatoms. The SMILES string of the molecule is O=C(O)c1cnc(-c2ncn[nH]2)[nH]c1=O. The van der Waals surface area contributed by atoms with Crippen molar-refractivity contribution in [2.45, 2.75) is 0 Å². The monoisotopic (exact) mass is 207 g/mol. The number of hydrogen-bond acceptors (Lipinski definition) is 5. The Hall–Kier alpha value is -2.51. The van der Waals surface area contributed by atoms with Gasteiger partial charge in [0.05, 0.1) is 0 Å². The molecule has 3 N–H and O–H groups in total. The van der Waals surface area contributed by atoms with Crippen LogP contribution in [-0.4, -0.2) is 36.2 Å². The van der Waals surface area contributed by atoms with Gasteiger partial charge in [-0.05, 0) is 0 Å². The minimum absolute atomic E-state index is 0.141. The lowest BCUT2D eigenvalue weighted by atomic mass is 10.3. The van der Waals surface area contributed by atoms with Crippen LogP contribution in [0.3, 0.4) is 0 Å². The summed E-state index contributed by atoms with van der Waals surface area (Å²) in [5, 5.41) is 14.7. The fraction of sp³-hybridized carbons (Fsp3) is 0. The molecule has 15 heavy (non-hydrogen) atoms. The molecule has 0 saturated carbocycles. The van der Waals surface area contributed by atoms with Crippen molar-refractivity contribution >= 4 is 5.97 Å². The van der Waals surface area contributed by atoms with E-state index in [2.05, 4.69) is 25.1 Å². The molecule has 8 nitrogen and oxygen atoms in total. The van der Waals surface area contributed by atoms with E-state index in [9.17, 15) is 9.59 Å². The fourth-order valence-electron chi connectivity index (χ4n) is 0.987. The molecule has 0 spiro atoms. The molecule has 2 aromatic heterocycles. The first-order chi connectivity index (χ1) is 7.18. The van der Waals surface area contributed by atoms with E-state index in [1.165, 1.54) is 6.33 Å². The van der Waals surface area contributed by atoms with Crippen LogP contribution in [0.5, 0.6) is 0 Å². The van der Waals surface area contributed by atoms with Crippen LogP contribution in [-0.2, 0) is 0 Å². The van der Waals surface area contributed by atoms with Crippen LogP contribution >= 0.6 is 0 Å². The highest BCUT2D eigenvalue weighted by Gasteiger charge is 2.11. The van der Waals surface area contributed by atoms with Crippen LogP contribution in [0.25, 0.3) is 11.6 Å². The quantitative estimate of drug-likeness (QED) is 0.595. The van der Waals surface area contributed by atoms with Gasteiger partial charge in [-0.25, -0.2) is 14.8 Å². The van der Waals surface area contributed by atoms with Gasteiger partial charge in [-0.2, -0.15) is 5.10 Å². The van der Waals surface area contributed by atoms with Gasteiger partial charge in [0.25, 0.3) is 5.56 Å². The summed E-state index contributed by atoms with van der Waals surface area (Å²) in [6.45, 7) is 0. The van der Waals surface area contributed by atoms with Crippen molar-refractivity contribution in [3.63, 3.8) is 0 Å². The van der Waals surface area contributed by atoms with E-state index < -0.39 is 17.1 Å². The van der Waals surface area contributed by atoms with Gasteiger partial charge in [0.1, 0.15) is 11.9 Å². The fourth-order valence-corrected chi connectivity index (χ4v) is 0.987. The van der Waals surface area contributed by atoms with Gasteiger partial charge in [-0.15, -0.1) is 0 Å². The van der Waals surface area contributed by atoms with Gasteiger partial charge in [0.15, 0.2) is 11.6 Å². The molecule has 0 aliphatic heterocycles. The number of H-pyrrole nitrogens is 2. The predicted octanol–water partition coefficient (Wildman–Crippen LogP) is -0.747. The summed E-state index contributed by atoms with van der Waals surface area (Å²) in [6.07, 6.45) is 2.22. The summed E-state index contributed by atoms with van der Waals surface area (Å²) < 4.78 is 0. The lowest BCUT2D eigenvalue weighted by Gasteiger charge is -1.95. The van der Waals surface area contributed by atoms with E-state index in [0.29, 0.717) is 0 Å². The number of rotatable bonds is 2. The summed E-state index contributed by atoms with van der Waals surface area (Å²) in [5.41, 5.74) is -1.15. The first-order valence-electron chi connectivity index (χ1n) is 3.87. The molecule has 0 aromatic carbocycles. The third-order valence-corrected chi connectivity index (χ3v) is 1.67. The van der Waals surface area contributed by atoms with Crippen molar-refractivity contribution < 1.29 is 9.90 Å². The van der Waals surface area contributed by atoms with Gasteiger partial charge in [0, 0.05) is 6.20 Å². The molecule has 2 heterocycles. The first kappa shape index (κ1) is 9.06. The zero-order valence-corrected chi connectivity index (χ0v) is 7.26. The number of carboxylic acid groups (broad SMARTS) is 1. The zero-order valence-electron chi connectivity index (χ0n) is 7.26. The normalized spacial score (nSPS) is 10.1. The second-order valence-electron chi connectivity index (χ2n) is 2.61. The number of aromatic nitrogens is 5. The van der Waals surface area contributed by atoms with Crippen LogP contribution in [0.1, 0.15) is 10.4 Å². The summed E-state index contributed by atoms with van der Waals surface area (Å²) in [4.78, 5) is 31.5. The molecular formula is C7H5N5O3. The molecule has 0 aliphatic carbocycles. The van der Waals surface area contributed by atoms with Crippen LogP contribution in [0.2, 0.25) is 0 Å². The molecule has 0 unspecified atom stereocenters. The molecular weight excluding hydrogens is 202 g/mol. The molecule has 2 aromatic rings. The van der Waals surface area contributed by atoms with Gasteiger partial charge in [-0.1, -0.05) is 0 Å². The summed E-state index contributed by atoms with van der Waals surface area (Å²) in [5.74, 6) is -0.917. The smallest absolute Gasteiger partial charge is 0.342 e. The molecule has 0 atom stereocenters. The first-order valence-corrected chi connectivity index (χ1v) is 3.87. The molecule has 0 bridgehead atoms. The summed E-state index contributed by atoms with van der Waals surface area (Å²) >= 11 is 0. The predicted molar refractivity (Wildman–Crippen MR) is 47.2 cm³/mol. The maximum atomic E-state index is 11.2. The number of nitrogens with one attached hydrogen (secondary N) is 2. The number of hydrogen-bond donors (Lipinski definition) is 3. The van der Waals surface area contributed by atoms with Gasteiger partial charge in [-0.3, -0.25) is 9.89 Å². The number of aromatic carboxylic acids is 1. The maximum Gasteiger partial charge on any atom is 0.342 e. The van der Waals surface area contributed by atoms with Crippen LogP contribution < -0.4 is 5.56 Å². The molecule has 0 fully saturated rings. The average molecular weight is 207 g/mol. The Balaban J connectivity index is 2.52. The highest BCUT2D eigenvalue weighted by molar-refractivity contribution is 5.86. The molecule has 0 amide bonds. The molecule has 2 rings (SSSR count). The van der Waals surface area contributed by atoms with E-state index in [-0.39, 0.29) is 11.6 Å². The van der Waals surface area contributed by atoms with Crippen LogP contribution in [0.4, 0.5) is 0 Å². The van der Waals surface area contributed by atoms with Crippen molar-refractivity contribution in [1.29, 1.82) is 0 Å². The van der Waals surface area contributed by atoms with Crippen molar-refractivity contribution in [2.75, 3.05) is 0 Å². The summed E-state index contributed by atoms with van der Waals surface area (Å²) in [6, 6.07) is 0. The Bertz CT molecular complexity index is 544. The highest BCUT2D eigenvalue weighted by atomic mass is 16.4. The third-order valence-electron chi connectivity index (χ3n) is 1.67. The van der Waals surface area contributed by atoms with Crippen molar-refractivity contribution in [3.8, 4) is 11.6 Å². The molecule has 76 valence electrons. The molecule has 0 saturated heterocycles. The number of aromatic amines is 2. The number of carbonyl (C=O) groups is 1. The minimum atomic E-state index is -1.33. The van der Waals surface area contributed by atoms with Crippen molar-refractivity contribution in [2.24, 2.45) is 0 Å². The van der Waals surface area contributed by atoms with E-state index in [0.717, 1.165) is 6.20 Å².